The van der Waals surface area contributed by atoms with Crippen molar-refractivity contribution in [1.29, 1.82) is 0 Å². The third kappa shape index (κ3) is 5.78. The van der Waals surface area contributed by atoms with E-state index in [0.717, 1.165) is 18.8 Å². The molecule has 3 rings (SSSR count). The molecule has 0 aliphatic carbocycles. The number of ether oxygens (including phenoxy) is 2. The Hall–Kier alpha value is -2.91. The fraction of sp³-hybridized carbons (Fsp3) is 0.350. The normalized spacial score (nSPS) is 14.7. The number of anilines is 3. The number of carbonyl (C=O) groups is 2. The standard InChI is InChI=1S/C20H24N4O4S/c1-3-8-21-20-23-17(13-29-20)19(26)28-14(2)18(25)22-15-4-6-16(7-5-15)24-9-11-27-12-10-24/h3-7,13-14H,1,8-12H2,2H3,(H,21,23)(H,22,25). The minimum Gasteiger partial charge on any atom is -0.448 e. The average Bonchev–Trinajstić information content (AvgIpc) is 3.22. The van der Waals surface area contributed by atoms with Crippen molar-refractivity contribution in [2.75, 3.05) is 48.4 Å². The van der Waals surface area contributed by atoms with Crippen molar-refractivity contribution >= 4 is 39.7 Å². The molecule has 0 radical (unpaired) electrons. The van der Waals surface area contributed by atoms with Gasteiger partial charge in [-0.1, -0.05) is 6.08 Å². The van der Waals surface area contributed by atoms with Gasteiger partial charge in [-0.25, -0.2) is 9.78 Å². The van der Waals surface area contributed by atoms with Crippen LogP contribution in [0.25, 0.3) is 0 Å². The fourth-order valence-corrected chi connectivity index (χ4v) is 3.39. The molecule has 1 saturated heterocycles. The zero-order chi connectivity index (χ0) is 20.6. The van der Waals surface area contributed by atoms with E-state index in [-0.39, 0.29) is 5.69 Å². The number of carbonyl (C=O) groups excluding carboxylic acids is 2. The van der Waals surface area contributed by atoms with Crippen molar-refractivity contribution in [3.8, 4) is 0 Å². The number of morpholine rings is 1. The highest BCUT2D eigenvalue weighted by molar-refractivity contribution is 7.13. The van der Waals surface area contributed by atoms with Crippen LogP contribution in [0.2, 0.25) is 0 Å². The number of amides is 1. The number of aromatic nitrogens is 1. The molecule has 1 unspecified atom stereocenters. The molecule has 0 saturated carbocycles. The predicted molar refractivity (Wildman–Crippen MR) is 114 cm³/mol. The number of hydrogen-bond acceptors (Lipinski definition) is 8. The van der Waals surface area contributed by atoms with Crippen LogP contribution in [0.15, 0.2) is 42.3 Å². The van der Waals surface area contributed by atoms with Crippen LogP contribution < -0.4 is 15.5 Å². The third-order valence-corrected chi connectivity index (χ3v) is 5.08. The maximum absolute atomic E-state index is 12.4. The van der Waals surface area contributed by atoms with Gasteiger partial charge in [-0.3, -0.25) is 4.79 Å². The first kappa shape index (κ1) is 20.8. The molecule has 2 heterocycles. The lowest BCUT2D eigenvalue weighted by Crippen LogP contribution is -2.36. The van der Waals surface area contributed by atoms with Crippen molar-refractivity contribution in [3.05, 3.63) is 48.0 Å². The number of rotatable bonds is 8. The van der Waals surface area contributed by atoms with Crippen molar-refractivity contribution in [2.45, 2.75) is 13.0 Å². The number of thiazole rings is 1. The lowest BCUT2D eigenvalue weighted by atomic mass is 10.2. The van der Waals surface area contributed by atoms with Crippen molar-refractivity contribution in [3.63, 3.8) is 0 Å². The van der Waals surface area contributed by atoms with Gasteiger partial charge in [0.1, 0.15) is 0 Å². The molecule has 2 aromatic rings. The molecule has 1 fully saturated rings. The van der Waals surface area contributed by atoms with Gasteiger partial charge in [0.25, 0.3) is 5.91 Å². The molecule has 9 heteroatoms. The SMILES string of the molecule is C=CCNc1nc(C(=O)OC(C)C(=O)Nc2ccc(N3CCOCC3)cc2)cs1. The van der Waals surface area contributed by atoms with Gasteiger partial charge in [0.05, 0.1) is 13.2 Å². The van der Waals surface area contributed by atoms with E-state index in [0.29, 0.717) is 30.6 Å². The molecule has 154 valence electrons. The number of nitrogens with one attached hydrogen (secondary N) is 2. The number of nitrogens with zero attached hydrogens (tertiary/aromatic N) is 2. The van der Waals surface area contributed by atoms with Gasteiger partial charge in [0, 0.05) is 36.4 Å². The molecule has 29 heavy (non-hydrogen) atoms. The molecule has 8 nitrogen and oxygen atoms in total. The largest absolute Gasteiger partial charge is 0.448 e. The predicted octanol–water partition coefficient (Wildman–Crippen LogP) is 2.76. The third-order valence-electron chi connectivity index (χ3n) is 4.28. The molecule has 1 amide bonds. The first-order valence-electron chi connectivity index (χ1n) is 9.31. The van der Waals surface area contributed by atoms with E-state index in [9.17, 15) is 9.59 Å². The summed E-state index contributed by atoms with van der Waals surface area (Å²) in [5.41, 5.74) is 1.88. The van der Waals surface area contributed by atoms with E-state index in [1.165, 1.54) is 18.3 Å². The average molecular weight is 417 g/mol. The van der Waals surface area contributed by atoms with Gasteiger partial charge in [-0.15, -0.1) is 17.9 Å². The van der Waals surface area contributed by atoms with Crippen LogP contribution >= 0.6 is 11.3 Å². The van der Waals surface area contributed by atoms with Crippen LogP contribution in [0.4, 0.5) is 16.5 Å². The fourth-order valence-electron chi connectivity index (χ4n) is 2.70. The maximum atomic E-state index is 12.4. The Morgan fingerprint density at radius 3 is 2.76 bits per heavy atom. The monoisotopic (exact) mass is 416 g/mol. The lowest BCUT2D eigenvalue weighted by Gasteiger charge is -2.28. The molecular formula is C20H24N4O4S. The van der Waals surface area contributed by atoms with Crippen LogP contribution in [0.5, 0.6) is 0 Å². The zero-order valence-electron chi connectivity index (χ0n) is 16.2. The van der Waals surface area contributed by atoms with E-state index < -0.39 is 18.0 Å². The minimum absolute atomic E-state index is 0.163. The van der Waals surface area contributed by atoms with Crippen molar-refractivity contribution in [1.82, 2.24) is 4.98 Å². The van der Waals surface area contributed by atoms with Crippen molar-refractivity contribution < 1.29 is 19.1 Å². The van der Waals surface area contributed by atoms with Gasteiger partial charge in [-0.2, -0.15) is 0 Å². The molecule has 1 aliphatic rings. The van der Waals surface area contributed by atoms with Gasteiger partial charge < -0.3 is 25.0 Å². The Morgan fingerprint density at radius 1 is 1.34 bits per heavy atom. The van der Waals surface area contributed by atoms with Gasteiger partial charge in [0.15, 0.2) is 16.9 Å². The number of benzene rings is 1. The summed E-state index contributed by atoms with van der Waals surface area (Å²) in [7, 11) is 0. The highest BCUT2D eigenvalue weighted by Gasteiger charge is 2.21. The molecule has 0 bridgehead atoms. The molecule has 1 atom stereocenters. The summed E-state index contributed by atoms with van der Waals surface area (Å²) in [5.74, 6) is -1.05. The quantitative estimate of drug-likeness (QED) is 0.505. The summed E-state index contributed by atoms with van der Waals surface area (Å²) < 4.78 is 10.6. The Kier molecular flexibility index (Phi) is 7.20. The van der Waals surface area contributed by atoms with Crippen LogP contribution in [0.1, 0.15) is 17.4 Å². The van der Waals surface area contributed by atoms with E-state index >= 15 is 0 Å². The highest BCUT2D eigenvalue weighted by atomic mass is 32.1. The Balaban J connectivity index is 1.51. The maximum Gasteiger partial charge on any atom is 0.358 e. The lowest BCUT2D eigenvalue weighted by molar-refractivity contribution is -0.123. The summed E-state index contributed by atoms with van der Waals surface area (Å²) in [6, 6.07) is 7.56. The first-order chi connectivity index (χ1) is 14.1. The van der Waals surface area contributed by atoms with Crippen molar-refractivity contribution in [2.24, 2.45) is 0 Å². The van der Waals surface area contributed by atoms with Crippen LogP contribution in [0.3, 0.4) is 0 Å². The van der Waals surface area contributed by atoms with Crippen LogP contribution in [0, 0.1) is 0 Å². The van der Waals surface area contributed by atoms with Gasteiger partial charge >= 0.3 is 5.97 Å². The summed E-state index contributed by atoms with van der Waals surface area (Å²) in [6.07, 6.45) is 0.743. The number of esters is 1. The minimum atomic E-state index is -0.951. The highest BCUT2D eigenvalue weighted by Crippen LogP contribution is 2.20. The van der Waals surface area contributed by atoms with Gasteiger partial charge in [-0.05, 0) is 31.2 Å². The molecule has 2 N–H and O–H groups in total. The molecular weight excluding hydrogens is 392 g/mol. The van der Waals surface area contributed by atoms with E-state index in [1.54, 1.807) is 11.5 Å². The Morgan fingerprint density at radius 2 is 2.07 bits per heavy atom. The molecule has 1 aromatic carbocycles. The second-order valence-electron chi connectivity index (χ2n) is 6.39. The number of hydrogen-bond donors (Lipinski definition) is 2. The van der Waals surface area contributed by atoms with Crippen LogP contribution in [-0.2, 0) is 14.3 Å². The summed E-state index contributed by atoms with van der Waals surface area (Å²) in [6.45, 7) is 8.81. The van der Waals surface area contributed by atoms with Gasteiger partial charge in [0.2, 0.25) is 0 Å². The summed E-state index contributed by atoms with van der Waals surface area (Å²) >= 11 is 1.29. The summed E-state index contributed by atoms with van der Waals surface area (Å²) in [4.78, 5) is 30.9. The van der Waals surface area contributed by atoms with E-state index in [2.05, 4.69) is 27.1 Å². The zero-order valence-corrected chi connectivity index (χ0v) is 17.0. The topological polar surface area (TPSA) is 92.8 Å². The summed E-state index contributed by atoms with van der Waals surface area (Å²) in [5, 5.41) is 7.94. The van der Waals surface area contributed by atoms with E-state index in [4.69, 9.17) is 9.47 Å². The second kappa shape index (κ2) is 10.0. The molecule has 1 aromatic heterocycles. The Bertz CT molecular complexity index is 846. The first-order valence-corrected chi connectivity index (χ1v) is 10.2. The Labute approximate surface area is 173 Å². The molecule has 0 spiro atoms. The smallest absolute Gasteiger partial charge is 0.358 e. The van der Waals surface area contributed by atoms with Crippen LogP contribution in [-0.4, -0.2) is 55.8 Å². The molecule has 1 aliphatic heterocycles. The second-order valence-corrected chi connectivity index (χ2v) is 7.25. The van der Waals surface area contributed by atoms with E-state index in [1.807, 2.05) is 24.3 Å².